The average molecular weight is 441 g/mol. The van der Waals surface area contributed by atoms with Gasteiger partial charge in [-0.2, -0.15) is 0 Å². The number of aliphatic hydroxyl groups excluding tert-OH is 2. The highest BCUT2D eigenvalue weighted by Gasteiger charge is 2.63. The maximum atomic E-state index is 10.8. The third-order valence-electron chi connectivity index (χ3n) is 11.1. The number of rotatable bonds is 4. The van der Waals surface area contributed by atoms with E-state index < -0.39 is 0 Å². The van der Waals surface area contributed by atoms with Gasteiger partial charge in [-0.1, -0.05) is 65.3 Å². The lowest BCUT2D eigenvalue weighted by Gasteiger charge is -2.61. The molecule has 180 valence electrons. The van der Waals surface area contributed by atoms with Gasteiger partial charge in [0, 0.05) is 0 Å². The van der Waals surface area contributed by atoms with Crippen LogP contribution in [-0.2, 0) is 0 Å². The zero-order valence-corrected chi connectivity index (χ0v) is 22.0. The number of hydrogen-bond acceptors (Lipinski definition) is 2. The predicted molar refractivity (Wildman–Crippen MR) is 134 cm³/mol. The highest BCUT2D eigenvalue weighted by molar-refractivity contribution is 5.49. The Kier molecular flexibility index (Phi) is 5.95. The first-order valence-electron chi connectivity index (χ1n) is 13.2. The van der Waals surface area contributed by atoms with E-state index in [1.165, 1.54) is 18.4 Å². The van der Waals surface area contributed by atoms with Crippen LogP contribution in [0, 0.1) is 39.4 Å². The van der Waals surface area contributed by atoms with Crippen LogP contribution in [0.2, 0.25) is 0 Å². The maximum Gasteiger partial charge on any atom is 0.0726 e. The Labute approximate surface area is 197 Å². The molecule has 0 amide bonds. The van der Waals surface area contributed by atoms with E-state index in [1.807, 2.05) is 6.08 Å². The quantitative estimate of drug-likeness (QED) is 0.453. The summed E-state index contributed by atoms with van der Waals surface area (Å²) in [4.78, 5) is 0. The van der Waals surface area contributed by atoms with Crippen molar-refractivity contribution in [1.29, 1.82) is 0 Å². The topological polar surface area (TPSA) is 40.5 Å². The molecule has 32 heavy (non-hydrogen) atoms. The summed E-state index contributed by atoms with van der Waals surface area (Å²) in [6, 6.07) is 0. The van der Waals surface area contributed by atoms with Crippen molar-refractivity contribution >= 4 is 0 Å². The number of aliphatic hydroxyl groups is 2. The summed E-state index contributed by atoms with van der Waals surface area (Å²) in [6.07, 6.45) is 14.4. The van der Waals surface area contributed by atoms with Gasteiger partial charge in [-0.05, 0) is 109 Å². The molecule has 4 aliphatic carbocycles. The van der Waals surface area contributed by atoms with Gasteiger partial charge in [-0.25, -0.2) is 0 Å². The van der Waals surface area contributed by atoms with Crippen LogP contribution in [0.15, 0.2) is 34.9 Å². The van der Waals surface area contributed by atoms with Crippen LogP contribution in [0.4, 0.5) is 0 Å². The highest BCUT2D eigenvalue weighted by atomic mass is 16.3. The number of allylic oxidation sites excluding steroid dienone is 5. The molecule has 4 rings (SSSR count). The lowest BCUT2D eigenvalue weighted by molar-refractivity contribution is -0.0851. The van der Waals surface area contributed by atoms with E-state index in [9.17, 15) is 10.2 Å². The minimum Gasteiger partial charge on any atom is -0.393 e. The van der Waals surface area contributed by atoms with Gasteiger partial charge in [-0.15, -0.1) is 0 Å². The second-order valence-corrected chi connectivity index (χ2v) is 13.4. The molecule has 0 spiro atoms. The van der Waals surface area contributed by atoms with Gasteiger partial charge in [0.15, 0.2) is 0 Å². The zero-order valence-electron chi connectivity index (χ0n) is 22.0. The molecule has 0 aromatic carbocycles. The Hall–Kier alpha value is -0.860. The van der Waals surface area contributed by atoms with E-state index in [-0.39, 0.29) is 33.9 Å². The Morgan fingerprint density at radius 1 is 1.06 bits per heavy atom. The summed E-state index contributed by atoms with van der Waals surface area (Å²) >= 11 is 0. The SMILES string of the molecule is CC(C)=CC(O)C[C@@H](C)[C@H]1CC[C@@]2(C)C3=CC[C@H]4C(C)(C)[C@H](O)CC[C@]4(C)C3=CC[C@]12C. The van der Waals surface area contributed by atoms with Gasteiger partial charge in [0.1, 0.15) is 0 Å². The lowest BCUT2D eigenvalue weighted by Crippen LogP contribution is -2.54. The summed E-state index contributed by atoms with van der Waals surface area (Å²) in [7, 11) is 0. The molecule has 0 saturated heterocycles. The normalized spacial score (nSPS) is 44.4. The lowest BCUT2D eigenvalue weighted by atomic mass is 9.44. The van der Waals surface area contributed by atoms with Crippen LogP contribution in [0.5, 0.6) is 0 Å². The molecule has 2 nitrogen and oxygen atoms in total. The summed E-state index contributed by atoms with van der Waals surface area (Å²) in [6.45, 7) is 18.7. The van der Waals surface area contributed by atoms with Gasteiger partial charge in [0.05, 0.1) is 12.2 Å². The zero-order chi connectivity index (χ0) is 23.7. The van der Waals surface area contributed by atoms with Crippen LogP contribution in [0.1, 0.15) is 100 Å². The van der Waals surface area contributed by atoms with Crippen molar-refractivity contribution in [2.24, 2.45) is 39.4 Å². The van der Waals surface area contributed by atoms with Crippen LogP contribution < -0.4 is 0 Å². The van der Waals surface area contributed by atoms with Crippen molar-refractivity contribution in [2.75, 3.05) is 0 Å². The molecule has 4 aliphatic rings. The summed E-state index contributed by atoms with van der Waals surface area (Å²) in [5, 5.41) is 21.4. The van der Waals surface area contributed by atoms with Crippen LogP contribution in [-0.4, -0.2) is 22.4 Å². The first-order chi connectivity index (χ1) is 14.8. The number of fused-ring (bicyclic) bond motifs is 5. The smallest absolute Gasteiger partial charge is 0.0726 e. The van der Waals surface area contributed by atoms with Crippen LogP contribution >= 0.6 is 0 Å². The fourth-order valence-corrected chi connectivity index (χ4v) is 8.94. The third-order valence-corrected chi connectivity index (χ3v) is 11.1. The molecule has 2 heteroatoms. The minimum atomic E-state index is -0.329. The molecule has 1 unspecified atom stereocenters. The van der Waals surface area contributed by atoms with E-state index in [0.717, 1.165) is 32.1 Å². The summed E-state index contributed by atoms with van der Waals surface area (Å²) in [5.74, 6) is 1.66. The molecule has 0 radical (unpaired) electrons. The highest BCUT2D eigenvalue weighted by Crippen LogP contribution is 2.71. The van der Waals surface area contributed by atoms with Crippen LogP contribution in [0.3, 0.4) is 0 Å². The molecule has 2 saturated carbocycles. The minimum absolute atomic E-state index is 0.0364. The second-order valence-electron chi connectivity index (χ2n) is 13.4. The van der Waals surface area contributed by atoms with Crippen molar-refractivity contribution < 1.29 is 10.2 Å². The molecular formula is C30H48O2. The van der Waals surface area contributed by atoms with Gasteiger partial charge in [-0.3, -0.25) is 0 Å². The largest absolute Gasteiger partial charge is 0.393 e. The van der Waals surface area contributed by atoms with E-state index in [4.69, 9.17) is 0 Å². The predicted octanol–water partition coefficient (Wildman–Crippen LogP) is 7.23. The van der Waals surface area contributed by atoms with E-state index >= 15 is 0 Å². The molecule has 2 N–H and O–H groups in total. The standard InChI is InChI=1S/C30H48O2/c1-19(2)17-21(31)18-20(3)22-11-15-30(8)24-9-10-25-27(4,5)26(32)13-14-28(25,6)23(24)12-16-29(22,30)7/h9,12,17,20-22,25-26,31-32H,10-11,13-16,18H2,1-8H3/t20-,21?,22-,25+,26-,28-,29-,30+/m1/s1. The third kappa shape index (κ3) is 3.34. The van der Waals surface area contributed by atoms with Gasteiger partial charge in [0.2, 0.25) is 0 Å². The second kappa shape index (κ2) is 7.84. The Bertz CT molecular complexity index is 843. The average Bonchev–Trinajstić information content (AvgIpc) is 2.96. The fraction of sp³-hybridized carbons (Fsp3) is 0.800. The van der Waals surface area contributed by atoms with Crippen LogP contribution in [0.25, 0.3) is 0 Å². The van der Waals surface area contributed by atoms with Crippen molar-refractivity contribution in [3.63, 3.8) is 0 Å². The molecular weight excluding hydrogens is 392 g/mol. The molecule has 0 bridgehead atoms. The van der Waals surface area contributed by atoms with Gasteiger partial charge < -0.3 is 10.2 Å². The number of hydrogen-bond donors (Lipinski definition) is 2. The van der Waals surface area contributed by atoms with E-state index in [0.29, 0.717) is 17.8 Å². The fourth-order valence-electron chi connectivity index (χ4n) is 8.94. The van der Waals surface area contributed by atoms with Gasteiger partial charge in [0.25, 0.3) is 0 Å². The van der Waals surface area contributed by atoms with Crippen molar-refractivity contribution in [2.45, 2.75) is 113 Å². The van der Waals surface area contributed by atoms with Crippen molar-refractivity contribution in [3.8, 4) is 0 Å². The van der Waals surface area contributed by atoms with E-state index in [1.54, 1.807) is 11.1 Å². The maximum absolute atomic E-state index is 10.8. The first-order valence-corrected chi connectivity index (χ1v) is 13.2. The molecule has 2 fully saturated rings. The molecule has 8 atom stereocenters. The van der Waals surface area contributed by atoms with Crippen molar-refractivity contribution in [3.05, 3.63) is 34.9 Å². The molecule has 0 heterocycles. The summed E-state index contributed by atoms with van der Waals surface area (Å²) in [5.41, 5.74) is 5.06. The molecule has 0 aromatic heterocycles. The Balaban J connectivity index is 1.66. The molecule has 0 aromatic rings. The Morgan fingerprint density at radius 2 is 1.75 bits per heavy atom. The van der Waals surface area contributed by atoms with Gasteiger partial charge >= 0.3 is 0 Å². The monoisotopic (exact) mass is 440 g/mol. The Morgan fingerprint density at radius 3 is 2.41 bits per heavy atom. The van der Waals surface area contributed by atoms with E-state index in [2.05, 4.69) is 67.5 Å². The molecule has 0 aliphatic heterocycles. The summed E-state index contributed by atoms with van der Waals surface area (Å²) < 4.78 is 0. The first kappa shape index (κ1) is 24.3. The van der Waals surface area contributed by atoms with Crippen molar-refractivity contribution in [1.82, 2.24) is 0 Å².